The van der Waals surface area contributed by atoms with Crippen LogP contribution < -0.4 is 5.32 Å². The molecule has 0 radical (unpaired) electrons. The zero-order valence-corrected chi connectivity index (χ0v) is 10.2. The van der Waals surface area contributed by atoms with Gasteiger partial charge in [0.1, 0.15) is 5.60 Å². The number of carboxylic acids is 1. The standard InChI is InChI=1S/C12H19NO5/c14-10(8-2-1-3-9(8)11(15)16)13-6-12(17)4-5-18-7-12/h8-9,17H,1-7H2,(H,13,14)(H,15,16)/t8-,9+,12?/m1/s1. The van der Waals surface area contributed by atoms with Gasteiger partial charge in [0, 0.05) is 19.6 Å². The Bertz CT molecular complexity index is 337. The molecule has 1 saturated heterocycles. The second kappa shape index (κ2) is 5.24. The van der Waals surface area contributed by atoms with Crippen molar-refractivity contribution in [2.75, 3.05) is 19.8 Å². The van der Waals surface area contributed by atoms with Gasteiger partial charge in [-0.3, -0.25) is 9.59 Å². The highest BCUT2D eigenvalue weighted by atomic mass is 16.5. The van der Waals surface area contributed by atoms with E-state index >= 15 is 0 Å². The van der Waals surface area contributed by atoms with Gasteiger partial charge in [0.15, 0.2) is 0 Å². The van der Waals surface area contributed by atoms with Gasteiger partial charge in [-0.1, -0.05) is 6.42 Å². The summed E-state index contributed by atoms with van der Waals surface area (Å²) in [6.45, 7) is 0.850. The fraction of sp³-hybridized carbons (Fsp3) is 0.833. The molecule has 0 aromatic carbocycles. The molecule has 6 nitrogen and oxygen atoms in total. The van der Waals surface area contributed by atoms with Gasteiger partial charge in [-0.15, -0.1) is 0 Å². The Kier molecular flexibility index (Phi) is 3.87. The van der Waals surface area contributed by atoms with E-state index in [1.54, 1.807) is 0 Å². The van der Waals surface area contributed by atoms with E-state index in [9.17, 15) is 14.7 Å². The molecule has 3 N–H and O–H groups in total. The Labute approximate surface area is 105 Å². The van der Waals surface area contributed by atoms with Gasteiger partial charge in [-0.05, 0) is 12.8 Å². The van der Waals surface area contributed by atoms with Crippen molar-refractivity contribution in [3.63, 3.8) is 0 Å². The van der Waals surface area contributed by atoms with Gasteiger partial charge in [0.05, 0.1) is 18.4 Å². The SMILES string of the molecule is O=C(O)[C@H]1CCC[C@H]1C(=O)NCC1(O)CCOC1. The molecule has 0 aromatic heterocycles. The molecule has 0 aromatic rings. The molecule has 1 aliphatic heterocycles. The third kappa shape index (κ3) is 2.81. The molecule has 2 aliphatic rings. The van der Waals surface area contributed by atoms with Crippen molar-refractivity contribution in [3.05, 3.63) is 0 Å². The number of carbonyl (C=O) groups excluding carboxylic acids is 1. The first-order valence-electron chi connectivity index (χ1n) is 6.32. The van der Waals surface area contributed by atoms with Gasteiger partial charge in [-0.2, -0.15) is 0 Å². The summed E-state index contributed by atoms with van der Waals surface area (Å²) in [6.07, 6.45) is 2.43. The first-order valence-corrected chi connectivity index (χ1v) is 6.32. The Morgan fingerprint density at radius 3 is 2.67 bits per heavy atom. The van der Waals surface area contributed by atoms with Crippen LogP contribution in [-0.4, -0.2) is 47.4 Å². The predicted molar refractivity (Wildman–Crippen MR) is 61.9 cm³/mol. The largest absolute Gasteiger partial charge is 0.481 e. The zero-order chi connectivity index (χ0) is 13.2. The number of hydrogen-bond donors (Lipinski definition) is 3. The summed E-state index contributed by atoms with van der Waals surface area (Å²) in [4.78, 5) is 22.9. The maximum Gasteiger partial charge on any atom is 0.307 e. The summed E-state index contributed by atoms with van der Waals surface area (Å²) in [5.41, 5.74) is -0.993. The lowest BCUT2D eigenvalue weighted by molar-refractivity contribution is -0.146. The molecule has 0 spiro atoms. The van der Waals surface area contributed by atoms with Crippen LogP contribution in [0.3, 0.4) is 0 Å². The van der Waals surface area contributed by atoms with Crippen molar-refractivity contribution in [2.24, 2.45) is 11.8 Å². The fourth-order valence-electron chi connectivity index (χ4n) is 2.69. The number of rotatable bonds is 4. The Morgan fingerprint density at radius 1 is 1.33 bits per heavy atom. The van der Waals surface area contributed by atoms with E-state index in [1.807, 2.05) is 0 Å². The highest BCUT2D eigenvalue weighted by Crippen LogP contribution is 2.32. The summed E-state index contributed by atoms with van der Waals surface area (Å²) in [7, 11) is 0. The lowest BCUT2D eigenvalue weighted by Gasteiger charge is -2.23. The molecule has 102 valence electrons. The van der Waals surface area contributed by atoms with Gasteiger partial charge >= 0.3 is 5.97 Å². The normalized spacial score (nSPS) is 35.6. The van der Waals surface area contributed by atoms with E-state index < -0.39 is 23.4 Å². The smallest absolute Gasteiger partial charge is 0.307 e. The maximum absolute atomic E-state index is 11.9. The molecule has 6 heteroatoms. The fourth-order valence-corrected chi connectivity index (χ4v) is 2.69. The molecule has 0 bridgehead atoms. The molecule has 1 aliphatic carbocycles. The van der Waals surface area contributed by atoms with Crippen LogP contribution in [0.1, 0.15) is 25.7 Å². The third-order valence-electron chi connectivity index (χ3n) is 3.84. The molecule has 2 fully saturated rings. The van der Waals surface area contributed by atoms with Crippen molar-refractivity contribution in [1.29, 1.82) is 0 Å². The highest BCUT2D eigenvalue weighted by Gasteiger charge is 2.39. The van der Waals surface area contributed by atoms with Crippen LogP contribution in [0.2, 0.25) is 0 Å². The molecule has 2 rings (SSSR count). The summed E-state index contributed by atoms with van der Waals surface area (Å²) < 4.78 is 5.08. The Hall–Kier alpha value is -1.14. The summed E-state index contributed by atoms with van der Waals surface area (Å²) >= 11 is 0. The summed E-state index contributed by atoms with van der Waals surface area (Å²) in [5.74, 6) is -2.22. The third-order valence-corrected chi connectivity index (χ3v) is 3.84. The van der Waals surface area contributed by atoms with Crippen molar-refractivity contribution in [3.8, 4) is 0 Å². The lowest BCUT2D eigenvalue weighted by Crippen LogP contribution is -2.46. The van der Waals surface area contributed by atoms with Gasteiger partial charge < -0.3 is 20.3 Å². The number of carboxylic acid groups (broad SMARTS) is 1. The number of carbonyl (C=O) groups is 2. The number of amides is 1. The van der Waals surface area contributed by atoms with E-state index in [0.717, 1.165) is 6.42 Å². The monoisotopic (exact) mass is 257 g/mol. The molecule has 1 heterocycles. The molecular weight excluding hydrogens is 238 g/mol. The van der Waals surface area contributed by atoms with E-state index in [2.05, 4.69) is 5.32 Å². The Balaban J connectivity index is 1.86. The van der Waals surface area contributed by atoms with Crippen LogP contribution in [0.15, 0.2) is 0 Å². The van der Waals surface area contributed by atoms with Crippen LogP contribution in [0.5, 0.6) is 0 Å². The number of hydrogen-bond acceptors (Lipinski definition) is 4. The zero-order valence-electron chi connectivity index (χ0n) is 10.2. The van der Waals surface area contributed by atoms with Crippen molar-refractivity contribution >= 4 is 11.9 Å². The average Bonchev–Trinajstić information content (AvgIpc) is 2.95. The van der Waals surface area contributed by atoms with Crippen LogP contribution in [0, 0.1) is 11.8 Å². The topological polar surface area (TPSA) is 95.9 Å². The average molecular weight is 257 g/mol. The second-order valence-corrected chi connectivity index (χ2v) is 5.23. The first-order chi connectivity index (χ1) is 8.52. The van der Waals surface area contributed by atoms with Gasteiger partial charge in [0.25, 0.3) is 0 Å². The minimum atomic E-state index is -0.993. The number of ether oxygens (including phenoxy) is 1. The van der Waals surface area contributed by atoms with E-state index in [0.29, 0.717) is 25.9 Å². The van der Waals surface area contributed by atoms with E-state index in [4.69, 9.17) is 9.84 Å². The first kappa shape index (κ1) is 13.3. The van der Waals surface area contributed by atoms with Crippen LogP contribution in [0.25, 0.3) is 0 Å². The van der Waals surface area contributed by atoms with E-state index in [-0.39, 0.29) is 19.1 Å². The summed E-state index contributed by atoms with van der Waals surface area (Å²) in [6, 6.07) is 0. The number of aliphatic carboxylic acids is 1. The minimum Gasteiger partial charge on any atom is -0.481 e. The molecule has 1 amide bonds. The molecule has 3 atom stereocenters. The minimum absolute atomic E-state index is 0.134. The van der Waals surface area contributed by atoms with Crippen molar-refractivity contribution < 1.29 is 24.5 Å². The van der Waals surface area contributed by atoms with Crippen molar-refractivity contribution in [2.45, 2.75) is 31.3 Å². The van der Waals surface area contributed by atoms with Crippen LogP contribution in [0.4, 0.5) is 0 Å². The molecule has 18 heavy (non-hydrogen) atoms. The predicted octanol–water partition coefficient (Wildman–Crippen LogP) is -0.245. The van der Waals surface area contributed by atoms with E-state index in [1.165, 1.54) is 0 Å². The molecular formula is C12H19NO5. The summed E-state index contributed by atoms with van der Waals surface area (Å²) in [5, 5.41) is 21.7. The highest BCUT2D eigenvalue weighted by molar-refractivity contribution is 5.85. The second-order valence-electron chi connectivity index (χ2n) is 5.23. The van der Waals surface area contributed by atoms with Gasteiger partial charge in [0.2, 0.25) is 5.91 Å². The van der Waals surface area contributed by atoms with Crippen LogP contribution in [-0.2, 0) is 14.3 Å². The van der Waals surface area contributed by atoms with Crippen LogP contribution >= 0.6 is 0 Å². The Morgan fingerprint density at radius 2 is 2.06 bits per heavy atom. The molecule has 1 unspecified atom stereocenters. The van der Waals surface area contributed by atoms with Gasteiger partial charge in [-0.25, -0.2) is 0 Å². The quantitative estimate of drug-likeness (QED) is 0.645. The maximum atomic E-state index is 11.9. The molecule has 1 saturated carbocycles. The number of nitrogens with one attached hydrogen (secondary N) is 1. The van der Waals surface area contributed by atoms with Crippen molar-refractivity contribution in [1.82, 2.24) is 5.32 Å². The lowest BCUT2D eigenvalue weighted by atomic mass is 9.95. The number of aliphatic hydroxyl groups is 1.